The van der Waals surface area contributed by atoms with Gasteiger partial charge in [0.15, 0.2) is 5.65 Å². The Hall–Kier alpha value is -2.26. The molecule has 2 aliphatic rings. The molecule has 1 saturated heterocycles. The van der Waals surface area contributed by atoms with Gasteiger partial charge in [-0.3, -0.25) is 0 Å². The van der Waals surface area contributed by atoms with Crippen LogP contribution >= 0.6 is 0 Å². The van der Waals surface area contributed by atoms with Crippen LogP contribution in [0.25, 0.3) is 16.6 Å². The Bertz CT molecular complexity index is 1140. The average Bonchev–Trinajstić information content (AvgIpc) is 3.50. The predicted molar refractivity (Wildman–Crippen MR) is 108 cm³/mol. The first-order valence-corrected chi connectivity index (χ1v) is 11.6. The first-order valence-electron chi connectivity index (χ1n) is 9.95. The third-order valence-corrected chi connectivity index (χ3v) is 7.57. The lowest BCUT2D eigenvalue weighted by molar-refractivity contribution is 0.434. The zero-order valence-electron chi connectivity index (χ0n) is 16.0. The minimum atomic E-state index is -3.17. The number of benzene rings is 1. The van der Waals surface area contributed by atoms with E-state index in [-0.39, 0.29) is 5.75 Å². The van der Waals surface area contributed by atoms with Gasteiger partial charge in [0.05, 0.1) is 11.3 Å². The van der Waals surface area contributed by atoms with Crippen molar-refractivity contribution in [2.75, 3.05) is 36.8 Å². The van der Waals surface area contributed by atoms with Crippen LogP contribution in [0.2, 0.25) is 0 Å². The van der Waals surface area contributed by atoms with Crippen LogP contribution in [0.3, 0.4) is 0 Å². The van der Waals surface area contributed by atoms with Gasteiger partial charge in [0.1, 0.15) is 5.82 Å². The van der Waals surface area contributed by atoms with Crippen LogP contribution in [0, 0.1) is 0 Å². The third-order valence-electron chi connectivity index (χ3n) is 5.69. The van der Waals surface area contributed by atoms with E-state index in [0.717, 1.165) is 54.1 Å². The van der Waals surface area contributed by atoms with Crippen molar-refractivity contribution in [3.8, 4) is 0 Å². The van der Waals surface area contributed by atoms with Crippen LogP contribution < -0.4 is 4.90 Å². The minimum absolute atomic E-state index is 0.142. The summed E-state index contributed by atoms with van der Waals surface area (Å²) in [7, 11) is -3.17. The average molecular weight is 401 g/mol. The summed E-state index contributed by atoms with van der Waals surface area (Å²) in [4.78, 5) is 7.15. The molecular weight excluding hydrogens is 376 g/mol. The first kappa shape index (κ1) is 17.8. The van der Waals surface area contributed by atoms with Crippen LogP contribution in [-0.4, -0.2) is 64.2 Å². The second kappa shape index (κ2) is 6.66. The molecule has 2 aromatic heterocycles. The summed E-state index contributed by atoms with van der Waals surface area (Å²) in [5, 5.41) is 9.98. The Morgan fingerprint density at radius 2 is 1.89 bits per heavy atom. The maximum atomic E-state index is 12.3. The number of nitrogens with zero attached hydrogens (tertiary/aromatic N) is 6. The van der Waals surface area contributed by atoms with E-state index in [1.165, 1.54) is 0 Å². The minimum Gasteiger partial charge on any atom is -0.340 e. The highest BCUT2D eigenvalue weighted by molar-refractivity contribution is 7.89. The van der Waals surface area contributed by atoms with Crippen LogP contribution in [0.1, 0.15) is 37.9 Å². The SMILES string of the molecule is CCS(=O)(=O)N1CCCN(c2nc3ccccc3c3nnc(C4CC4)n23)CC1. The predicted octanol–water partition coefficient (Wildman–Crippen LogP) is 2.02. The highest BCUT2D eigenvalue weighted by Gasteiger charge is 2.32. The van der Waals surface area contributed by atoms with Gasteiger partial charge in [-0.05, 0) is 38.3 Å². The number of aromatic nitrogens is 4. The summed E-state index contributed by atoms with van der Waals surface area (Å²) in [6.07, 6.45) is 3.04. The molecule has 0 N–H and O–H groups in total. The molecule has 1 saturated carbocycles. The Kier molecular flexibility index (Phi) is 4.24. The molecule has 0 amide bonds. The molecule has 8 nitrogen and oxygen atoms in total. The normalized spacial score (nSPS) is 19.4. The summed E-state index contributed by atoms with van der Waals surface area (Å²) in [5.41, 5.74) is 1.73. The van der Waals surface area contributed by atoms with Crippen LogP contribution in [0.15, 0.2) is 24.3 Å². The fourth-order valence-corrected chi connectivity index (χ4v) is 5.09. The second-order valence-electron chi connectivity index (χ2n) is 7.56. The fraction of sp³-hybridized carbons (Fsp3) is 0.526. The van der Waals surface area contributed by atoms with E-state index < -0.39 is 10.0 Å². The lowest BCUT2D eigenvalue weighted by Crippen LogP contribution is -2.36. The molecule has 3 heterocycles. The van der Waals surface area contributed by atoms with Gasteiger partial charge >= 0.3 is 0 Å². The van der Waals surface area contributed by atoms with Crippen LogP contribution in [0.5, 0.6) is 0 Å². The smallest absolute Gasteiger partial charge is 0.213 e. The van der Waals surface area contributed by atoms with Gasteiger partial charge in [-0.15, -0.1) is 10.2 Å². The van der Waals surface area contributed by atoms with Gasteiger partial charge < -0.3 is 4.90 Å². The Morgan fingerprint density at radius 3 is 2.68 bits per heavy atom. The molecule has 148 valence electrons. The van der Waals surface area contributed by atoms with E-state index in [4.69, 9.17) is 4.98 Å². The summed E-state index contributed by atoms with van der Waals surface area (Å²) < 4.78 is 28.3. The highest BCUT2D eigenvalue weighted by Crippen LogP contribution is 2.40. The van der Waals surface area contributed by atoms with Crippen molar-refractivity contribution >= 4 is 32.5 Å². The summed E-state index contributed by atoms with van der Waals surface area (Å²) >= 11 is 0. The lowest BCUT2D eigenvalue weighted by Gasteiger charge is -2.24. The quantitative estimate of drug-likeness (QED) is 0.666. The number of hydrogen-bond acceptors (Lipinski definition) is 6. The van der Waals surface area contributed by atoms with Gasteiger partial charge in [-0.25, -0.2) is 22.1 Å². The van der Waals surface area contributed by atoms with Crippen molar-refractivity contribution in [2.24, 2.45) is 0 Å². The van der Waals surface area contributed by atoms with E-state index >= 15 is 0 Å². The standard InChI is InChI=1S/C19H24N6O2S/c1-2-28(26,27)24-11-5-10-23(12-13-24)19-20-16-7-4-3-6-15(16)18-22-21-17(25(18)19)14-8-9-14/h3-4,6-7,14H,2,5,8-13H2,1H3. The van der Waals surface area contributed by atoms with E-state index in [0.29, 0.717) is 25.6 Å². The van der Waals surface area contributed by atoms with Crippen molar-refractivity contribution in [1.82, 2.24) is 23.9 Å². The fourth-order valence-electron chi connectivity index (χ4n) is 3.96. The lowest BCUT2D eigenvalue weighted by atomic mass is 10.2. The van der Waals surface area contributed by atoms with Crippen molar-refractivity contribution in [2.45, 2.75) is 32.1 Å². The third kappa shape index (κ3) is 2.93. The summed E-state index contributed by atoms with van der Waals surface area (Å²) in [6.45, 7) is 4.11. The number of sulfonamides is 1. The number of para-hydroxylation sites is 1. The molecule has 0 unspecified atom stereocenters. The van der Waals surface area contributed by atoms with Gasteiger partial charge in [0, 0.05) is 37.5 Å². The molecule has 3 aromatic rings. The molecular formula is C19H24N6O2S. The number of fused-ring (bicyclic) bond motifs is 3. The first-order chi connectivity index (χ1) is 13.6. The summed E-state index contributed by atoms with van der Waals surface area (Å²) in [5.74, 6) is 2.39. The monoisotopic (exact) mass is 400 g/mol. The maximum absolute atomic E-state index is 12.3. The van der Waals surface area contributed by atoms with E-state index in [9.17, 15) is 8.42 Å². The van der Waals surface area contributed by atoms with Gasteiger partial charge in [-0.2, -0.15) is 0 Å². The van der Waals surface area contributed by atoms with Crippen molar-refractivity contribution in [1.29, 1.82) is 0 Å². The topological polar surface area (TPSA) is 83.7 Å². The Labute approximate surface area is 164 Å². The van der Waals surface area contributed by atoms with Crippen molar-refractivity contribution in [3.05, 3.63) is 30.1 Å². The molecule has 0 spiro atoms. The second-order valence-corrected chi connectivity index (χ2v) is 9.82. The zero-order chi connectivity index (χ0) is 19.3. The van der Waals surface area contributed by atoms with E-state index in [2.05, 4.69) is 19.5 Å². The molecule has 0 atom stereocenters. The largest absolute Gasteiger partial charge is 0.340 e. The van der Waals surface area contributed by atoms with E-state index in [1.54, 1.807) is 11.2 Å². The molecule has 28 heavy (non-hydrogen) atoms. The maximum Gasteiger partial charge on any atom is 0.213 e. The highest BCUT2D eigenvalue weighted by atomic mass is 32.2. The van der Waals surface area contributed by atoms with Gasteiger partial charge in [0.25, 0.3) is 0 Å². The molecule has 1 aromatic carbocycles. The van der Waals surface area contributed by atoms with Gasteiger partial charge in [-0.1, -0.05) is 12.1 Å². The molecule has 1 aliphatic heterocycles. The van der Waals surface area contributed by atoms with E-state index in [1.807, 2.05) is 24.3 Å². The molecule has 9 heteroatoms. The summed E-state index contributed by atoms with van der Waals surface area (Å²) in [6, 6.07) is 8.00. The number of anilines is 1. The molecule has 5 rings (SSSR count). The Morgan fingerprint density at radius 1 is 1.07 bits per heavy atom. The Balaban J connectivity index is 1.60. The molecule has 2 fully saturated rings. The van der Waals surface area contributed by atoms with Crippen LogP contribution in [-0.2, 0) is 10.0 Å². The van der Waals surface area contributed by atoms with Crippen LogP contribution in [0.4, 0.5) is 5.95 Å². The molecule has 1 aliphatic carbocycles. The molecule has 0 radical (unpaired) electrons. The van der Waals surface area contributed by atoms with Gasteiger partial charge in [0.2, 0.25) is 16.0 Å². The molecule has 0 bridgehead atoms. The number of rotatable bonds is 4. The zero-order valence-corrected chi connectivity index (χ0v) is 16.8. The van der Waals surface area contributed by atoms with Crippen molar-refractivity contribution < 1.29 is 8.42 Å². The van der Waals surface area contributed by atoms with Crippen molar-refractivity contribution in [3.63, 3.8) is 0 Å². The number of hydrogen-bond donors (Lipinski definition) is 0.